The average molecular weight is 572 g/mol. The second-order valence-corrected chi connectivity index (χ2v) is 11.0. The summed E-state index contributed by atoms with van der Waals surface area (Å²) in [6.45, 7) is 11.3. The van der Waals surface area contributed by atoms with Gasteiger partial charge in [0, 0.05) is 19.4 Å². The van der Waals surface area contributed by atoms with E-state index >= 15 is 0 Å². The van der Waals surface area contributed by atoms with Gasteiger partial charge in [0.25, 0.3) is 0 Å². The van der Waals surface area contributed by atoms with Crippen LogP contribution in [-0.4, -0.2) is 69.5 Å². The molecule has 1 heterocycles. The summed E-state index contributed by atoms with van der Waals surface area (Å²) in [5.74, 6) is 0.932. The first-order valence-corrected chi connectivity index (χ1v) is 15.1. The van der Waals surface area contributed by atoms with E-state index in [0.717, 1.165) is 44.1 Å². The fourth-order valence-electron chi connectivity index (χ4n) is 6.01. The second-order valence-electron chi connectivity index (χ2n) is 11.0. The summed E-state index contributed by atoms with van der Waals surface area (Å²) in [4.78, 5) is 29.6. The molecule has 1 aromatic carbocycles. The molecular formula is C33H49NO7. The zero-order valence-corrected chi connectivity index (χ0v) is 25.2. The van der Waals surface area contributed by atoms with Gasteiger partial charge in [0.2, 0.25) is 11.7 Å². The largest absolute Gasteiger partial charge is 0.493 e. The number of rotatable bonds is 16. The van der Waals surface area contributed by atoms with Gasteiger partial charge in [-0.3, -0.25) is 4.79 Å². The van der Waals surface area contributed by atoms with Crippen LogP contribution in [-0.2, 0) is 19.1 Å². The minimum atomic E-state index is -0.582. The van der Waals surface area contributed by atoms with Crippen molar-refractivity contribution in [2.45, 2.75) is 89.2 Å². The Labute approximate surface area is 246 Å². The number of nitrogens with zero attached hydrogens (tertiary/aromatic N) is 1. The van der Waals surface area contributed by atoms with Crippen molar-refractivity contribution in [1.82, 2.24) is 4.90 Å². The van der Waals surface area contributed by atoms with Crippen molar-refractivity contribution in [2.75, 3.05) is 40.6 Å². The van der Waals surface area contributed by atoms with Crippen molar-refractivity contribution in [3.8, 4) is 17.2 Å². The van der Waals surface area contributed by atoms with E-state index in [4.69, 9.17) is 23.7 Å². The minimum Gasteiger partial charge on any atom is -0.493 e. The van der Waals surface area contributed by atoms with Crippen molar-refractivity contribution in [2.24, 2.45) is 5.92 Å². The summed E-state index contributed by atoms with van der Waals surface area (Å²) in [6.07, 6.45) is 12.1. The van der Waals surface area contributed by atoms with Gasteiger partial charge in [-0.05, 0) is 62.6 Å². The number of hydrogen-bond acceptors (Lipinski definition) is 7. The van der Waals surface area contributed by atoms with Crippen LogP contribution < -0.4 is 14.2 Å². The lowest BCUT2D eigenvalue weighted by Crippen LogP contribution is -2.51. The average Bonchev–Trinajstić information content (AvgIpc) is 2.99. The molecule has 0 bridgehead atoms. The Hall–Kier alpha value is -3.00. The SMILES string of the molecule is C=CCOCCCOc1cc([C@@H](C(=O)N2CCCC[C@H]2C(=O)O[C@H](C)CC=C)C2CCCCC2)cc(OC)c1OC. The first-order valence-electron chi connectivity index (χ1n) is 15.1. The number of carbonyl (C=O) groups is 2. The number of carbonyl (C=O) groups excluding carboxylic acids is 2. The van der Waals surface area contributed by atoms with Crippen LogP contribution in [0.4, 0.5) is 0 Å². The molecule has 1 aliphatic carbocycles. The zero-order valence-electron chi connectivity index (χ0n) is 25.2. The second kappa shape index (κ2) is 17.1. The van der Waals surface area contributed by atoms with Crippen LogP contribution in [0.3, 0.4) is 0 Å². The van der Waals surface area contributed by atoms with Crippen LogP contribution >= 0.6 is 0 Å². The van der Waals surface area contributed by atoms with Gasteiger partial charge in [-0.25, -0.2) is 4.79 Å². The Bertz CT molecular complexity index is 1000. The molecule has 41 heavy (non-hydrogen) atoms. The highest BCUT2D eigenvalue weighted by Crippen LogP contribution is 2.45. The molecule has 2 fully saturated rings. The Morgan fingerprint density at radius 1 is 0.976 bits per heavy atom. The lowest BCUT2D eigenvalue weighted by atomic mass is 9.75. The first kappa shape index (κ1) is 32.5. The summed E-state index contributed by atoms with van der Waals surface area (Å²) >= 11 is 0. The summed E-state index contributed by atoms with van der Waals surface area (Å²) in [5.41, 5.74) is 0.829. The van der Waals surface area contributed by atoms with E-state index in [1.807, 2.05) is 19.1 Å². The molecule has 2 aliphatic rings. The summed E-state index contributed by atoms with van der Waals surface area (Å²) in [7, 11) is 3.17. The van der Waals surface area contributed by atoms with Crippen LogP contribution in [0.25, 0.3) is 0 Å². The van der Waals surface area contributed by atoms with E-state index in [2.05, 4.69) is 13.2 Å². The molecule has 0 N–H and O–H groups in total. The molecule has 1 saturated heterocycles. The molecule has 1 saturated carbocycles. The van der Waals surface area contributed by atoms with Crippen LogP contribution in [0.5, 0.6) is 17.2 Å². The quantitative estimate of drug-likeness (QED) is 0.132. The van der Waals surface area contributed by atoms with Gasteiger partial charge in [0.05, 0.1) is 40.0 Å². The number of hydrogen-bond donors (Lipinski definition) is 0. The van der Waals surface area contributed by atoms with Gasteiger partial charge in [-0.15, -0.1) is 13.2 Å². The monoisotopic (exact) mass is 571 g/mol. The van der Waals surface area contributed by atoms with Gasteiger partial charge in [0.1, 0.15) is 12.1 Å². The predicted octanol–water partition coefficient (Wildman–Crippen LogP) is 6.23. The van der Waals surface area contributed by atoms with Crippen molar-refractivity contribution in [1.29, 1.82) is 0 Å². The highest BCUT2D eigenvalue weighted by molar-refractivity contribution is 5.89. The van der Waals surface area contributed by atoms with Crippen molar-refractivity contribution < 1.29 is 33.3 Å². The predicted molar refractivity (Wildman–Crippen MR) is 160 cm³/mol. The van der Waals surface area contributed by atoms with Crippen LogP contribution in [0.2, 0.25) is 0 Å². The molecule has 0 unspecified atom stereocenters. The lowest BCUT2D eigenvalue weighted by Gasteiger charge is -2.39. The van der Waals surface area contributed by atoms with Crippen molar-refractivity contribution >= 4 is 11.9 Å². The van der Waals surface area contributed by atoms with E-state index in [1.54, 1.807) is 31.3 Å². The van der Waals surface area contributed by atoms with E-state index in [1.165, 1.54) is 6.42 Å². The maximum absolute atomic E-state index is 14.5. The van der Waals surface area contributed by atoms with E-state index in [0.29, 0.717) is 62.9 Å². The maximum atomic E-state index is 14.5. The molecule has 0 spiro atoms. The molecule has 1 amide bonds. The fraction of sp³-hybridized carbons (Fsp3) is 0.636. The molecule has 1 aliphatic heterocycles. The number of benzene rings is 1. The molecule has 8 heteroatoms. The normalized spacial score (nSPS) is 19.1. The third-order valence-corrected chi connectivity index (χ3v) is 8.01. The topological polar surface area (TPSA) is 83.5 Å². The molecule has 3 atom stereocenters. The van der Waals surface area contributed by atoms with Gasteiger partial charge in [-0.2, -0.15) is 0 Å². The third kappa shape index (κ3) is 8.99. The summed E-state index contributed by atoms with van der Waals surface area (Å²) in [5, 5.41) is 0. The van der Waals surface area contributed by atoms with Gasteiger partial charge in [0.15, 0.2) is 11.5 Å². The van der Waals surface area contributed by atoms with Gasteiger partial charge in [-0.1, -0.05) is 31.4 Å². The minimum absolute atomic E-state index is 0.0223. The van der Waals surface area contributed by atoms with Crippen LogP contribution in [0.15, 0.2) is 37.4 Å². The molecule has 3 rings (SSSR count). The van der Waals surface area contributed by atoms with E-state index in [9.17, 15) is 9.59 Å². The highest BCUT2D eigenvalue weighted by atomic mass is 16.5. The molecule has 8 nitrogen and oxygen atoms in total. The zero-order chi connectivity index (χ0) is 29.6. The Balaban J connectivity index is 1.93. The smallest absolute Gasteiger partial charge is 0.329 e. The molecule has 0 radical (unpaired) electrons. The number of amides is 1. The fourth-order valence-corrected chi connectivity index (χ4v) is 6.01. The Morgan fingerprint density at radius 3 is 2.39 bits per heavy atom. The number of piperidine rings is 1. The first-order chi connectivity index (χ1) is 19.9. The number of likely N-dealkylation sites (tertiary alicyclic amines) is 1. The van der Waals surface area contributed by atoms with Gasteiger partial charge >= 0.3 is 5.97 Å². The number of methoxy groups -OCH3 is 2. The molecule has 0 aromatic heterocycles. The highest BCUT2D eigenvalue weighted by Gasteiger charge is 2.41. The number of esters is 1. The van der Waals surface area contributed by atoms with Crippen LogP contribution in [0.1, 0.15) is 82.6 Å². The maximum Gasteiger partial charge on any atom is 0.329 e. The number of ether oxygens (including phenoxy) is 5. The Morgan fingerprint density at radius 2 is 1.71 bits per heavy atom. The van der Waals surface area contributed by atoms with Crippen molar-refractivity contribution in [3.05, 3.63) is 43.0 Å². The molecule has 1 aromatic rings. The molecule has 228 valence electrons. The van der Waals surface area contributed by atoms with Crippen LogP contribution in [0, 0.1) is 5.92 Å². The summed E-state index contributed by atoms with van der Waals surface area (Å²) in [6, 6.07) is 3.24. The Kier molecular flexibility index (Phi) is 13.5. The van der Waals surface area contributed by atoms with Crippen molar-refractivity contribution in [3.63, 3.8) is 0 Å². The summed E-state index contributed by atoms with van der Waals surface area (Å²) < 4.78 is 28.8. The third-order valence-electron chi connectivity index (χ3n) is 8.01. The molecular weight excluding hydrogens is 522 g/mol. The van der Waals surface area contributed by atoms with E-state index < -0.39 is 12.0 Å². The standard InChI is InChI=1S/C33H49NO7/c1-6-14-24(3)41-33(36)27-17-11-12-18-34(27)32(35)30(25-15-9-8-10-16-25)26-22-28(37-4)31(38-5)29(23-26)40-21-13-20-39-19-7-2/h6-7,22-25,27,30H,1-2,8-21H2,3-5H3/t24-,27+,30+/m1/s1. The lowest BCUT2D eigenvalue weighted by molar-refractivity contribution is -0.161. The van der Waals surface area contributed by atoms with E-state index in [-0.39, 0.29) is 23.9 Å². The van der Waals surface area contributed by atoms with Gasteiger partial charge < -0.3 is 28.6 Å².